The summed E-state index contributed by atoms with van der Waals surface area (Å²) in [5.74, 6) is -0.844. The average Bonchev–Trinajstić information content (AvgIpc) is 2.97. The summed E-state index contributed by atoms with van der Waals surface area (Å²) in [6, 6.07) is 13.6. The number of thioether (sulfide) groups is 1. The quantitative estimate of drug-likeness (QED) is 0.681. The molecule has 0 aromatic heterocycles. The highest BCUT2D eigenvalue weighted by Crippen LogP contribution is 2.37. The Balaban J connectivity index is 1.88. The number of imide groups is 1. The molecule has 1 aliphatic heterocycles. The molecular weight excluding hydrogens is 394 g/mol. The van der Waals surface area contributed by atoms with E-state index in [1.165, 1.54) is 6.92 Å². The van der Waals surface area contributed by atoms with E-state index in [1.54, 1.807) is 55.5 Å². The Morgan fingerprint density at radius 2 is 1.90 bits per heavy atom. The number of carboxylic acid groups (broad SMARTS) is 1. The lowest BCUT2D eigenvalue weighted by molar-refractivity contribution is -0.144. The minimum absolute atomic E-state index is 0.286. The fraction of sp³-hybridized carbons (Fsp3) is 0.190. The molecule has 0 radical (unpaired) electrons. The SMILES string of the molecule is CCOc1cc(/C=C2/SC(=O)N(c3ccccc3)C2=O)ccc1OC(C)C(=O)O. The molecule has 1 saturated heterocycles. The van der Waals surface area contributed by atoms with Gasteiger partial charge in [-0.05, 0) is 61.5 Å². The molecule has 2 amide bonds. The Hall–Kier alpha value is -3.26. The topological polar surface area (TPSA) is 93.1 Å². The van der Waals surface area contributed by atoms with Crippen LogP contribution in [0, 0.1) is 0 Å². The van der Waals surface area contributed by atoms with Gasteiger partial charge in [-0.3, -0.25) is 9.59 Å². The van der Waals surface area contributed by atoms with Gasteiger partial charge in [-0.2, -0.15) is 0 Å². The first-order valence-corrected chi connectivity index (χ1v) is 9.71. The summed E-state index contributed by atoms with van der Waals surface area (Å²) in [7, 11) is 0. The predicted octanol–water partition coefficient (Wildman–Crippen LogP) is 4.18. The minimum Gasteiger partial charge on any atom is -0.490 e. The number of rotatable bonds is 7. The van der Waals surface area contributed by atoms with Crippen molar-refractivity contribution in [3.63, 3.8) is 0 Å². The van der Waals surface area contributed by atoms with Crippen molar-refractivity contribution in [1.82, 2.24) is 0 Å². The Morgan fingerprint density at radius 1 is 1.17 bits per heavy atom. The zero-order chi connectivity index (χ0) is 21.0. The van der Waals surface area contributed by atoms with Gasteiger partial charge in [-0.25, -0.2) is 9.69 Å². The molecule has 29 heavy (non-hydrogen) atoms. The van der Waals surface area contributed by atoms with Crippen molar-refractivity contribution in [3.05, 3.63) is 59.0 Å². The molecule has 150 valence electrons. The monoisotopic (exact) mass is 413 g/mol. The van der Waals surface area contributed by atoms with Crippen LogP contribution in [-0.2, 0) is 9.59 Å². The number of hydrogen-bond donors (Lipinski definition) is 1. The second-order valence-corrected chi connectivity index (χ2v) is 7.08. The van der Waals surface area contributed by atoms with E-state index in [-0.39, 0.29) is 15.9 Å². The van der Waals surface area contributed by atoms with Crippen LogP contribution in [-0.4, -0.2) is 34.9 Å². The number of carbonyl (C=O) groups excluding carboxylic acids is 2. The number of ether oxygens (including phenoxy) is 2. The van der Waals surface area contributed by atoms with Crippen LogP contribution in [0.4, 0.5) is 10.5 Å². The average molecular weight is 413 g/mol. The number of carboxylic acids is 1. The summed E-state index contributed by atoms with van der Waals surface area (Å²) in [6.07, 6.45) is 0.559. The van der Waals surface area contributed by atoms with E-state index >= 15 is 0 Å². The van der Waals surface area contributed by atoms with Crippen molar-refractivity contribution < 1.29 is 29.0 Å². The van der Waals surface area contributed by atoms with Crippen molar-refractivity contribution >= 4 is 40.6 Å². The summed E-state index contributed by atoms with van der Waals surface area (Å²) in [5, 5.41) is 8.66. The van der Waals surface area contributed by atoms with Crippen LogP contribution in [0.5, 0.6) is 11.5 Å². The number of anilines is 1. The van der Waals surface area contributed by atoms with E-state index in [1.807, 2.05) is 6.07 Å². The number of benzene rings is 2. The normalized spacial score (nSPS) is 16.2. The Morgan fingerprint density at radius 3 is 2.55 bits per heavy atom. The lowest BCUT2D eigenvalue weighted by Crippen LogP contribution is -2.27. The van der Waals surface area contributed by atoms with Crippen LogP contribution in [0.15, 0.2) is 53.4 Å². The molecule has 3 rings (SSSR count). The van der Waals surface area contributed by atoms with Gasteiger partial charge >= 0.3 is 5.97 Å². The molecule has 0 spiro atoms. The van der Waals surface area contributed by atoms with E-state index in [0.717, 1.165) is 16.7 Å². The second kappa shape index (κ2) is 8.83. The van der Waals surface area contributed by atoms with Crippen LogP contribution in [0.3, 0.4) is 0 Å². The Bertz CT molecular complexity index is 972. The number of hydrogen-bond acceptors (Lipinski definition) is 6. The van der Waals surface area contributed by atoms with Crippen LogP contribution in [0.2, 0.25) is 0 Å². The van der Waals surface area contributed by atoms with Gasteiger partial charge < -0.3 is 14.6 Å². The highest BCUT2D eigenvalue weighted by Gasteiger charge is 2.36. The van der Waals surface area contributed by atoms with E-state index < -0.39 is 18.0 Å². The molecular formula is C21H19NO6S. The first-order valence-electron chi connectivity index (χ1n) is 8.90. The summed E-state index contributed by atoms with van der Waals surface area (Å²) < 4.78 is 11.0. The molecule has 8 heteroatoms. The third-order valence-electron chi connectivity index (χ3n) is 4.02. The first kappa shape index (κ1) is 20.5. The highest BCUT2D eigenvalue weighted by atomic mass is 32.2. The molecule has 7 nitrogen and oxygen atoms in total. The van der Waals surface area contributed by atoms with E-state index in [2.05, 4.69) is 0 Å². The first-order chi connectivity index (χ1) is 13.9. The molecule has 1 N–H and O–H groups in total. The van der Waals surface area contributed by atoms with Crippen molar-refractivity contribution in [3.8, 4) is 11.5 Å². The van der Waals surface area contributed by atoms with E-state index in [0.29, 0.717) is 23.6 Å². The molecule has 0 bridgehead atoms. The second-order valence-electron chi connectivity index (χ2n) is 6.09. The number of carbonyl (C=O) groups is 3. The minimum atomic E-state index is -1.09. The largest absolute Gasteiger partial charge is 0.490 e. The lowest BCUT2D eigenvalue weighted by atomic mass is 10.1. The molecule has 2 aromatic rings. The molecule has 1 fully saturated rings. The smallest absolute Gasteiger partial charge is 0.344 e. The number of nitrogens with zero attached hydrogens (tertiary/aromatic N) is 1. The zero-order valence-corrected chi connectivity index (χ0v) is 16.6. The van der Waals surface area contributed by atoms with E-state index in [9.17, 15) is 14.4 Å². The van der Waals surface area contributed by atoms with Crippen molar-refractivity contribution in [2.24, 2.45) is 0 Å². The van der Waals surface area contributed by atoms with Crippen LogP contribution in [0.1, 0.15) is 19.4 Å². The Labute approximate surface area is 171 Å². The molecule has 2 aromatic carbocycles. The van der Waals surface area contributed by atoms with Gasteiger partial charge in [0.1, 0.15) is 0 Å². The van der Waals surface area contributed by atoms with Gasteiger partial charge in [-0.15, -0.1) is 0 Å². The number of aliphatic carboxylic acids is 1. The predicted molar refractivity (Wildman–Crippen MR) is 110 cm³/mol. The molecule has 1 aliphatic rings. The standard InChI is InChI=1S/C21H19NO6S/c1-3-27-17-11-14(9-10-16(17)28-13(2)20(24)25)12-18-19(23)22(21(26)29-18)15-7-5-4-6-8-15/h4-13H,3H2,1-2H3,(H,24,25)/b18-12+. The molecule has 0 aliphatic carbocycles. The van der Waals surface area contributed by atoms with Gasteiger partial charge in [0.25, 0.3) is 11.1 Å². The highest BCUT2D eigenvalue weighted by molar-refractivity contribution is 8.19. The van der Waals surface area contributed by atoms with E-state index in [4.69, 9.17) is 14.6 Å². The van der Waals surface area contributed by atoms with Gasteiger partial charge in [0.2, 0.25) is 0 Å². The Kier molecular flexibility index (Phi) is 6.23. The number of para-hydroxylation sites is 1. The molecule has 1 unspecified atom stereocenters. The van der Waals surface area contributed by atoms with Crippen LogP contribution >= 0.6 is 11.8 Å². The zero-order valence-electron chi connectivity index (χ0n) is 15.8. The summed E-state index contributed by atoms with van der Waals surface area (Å²) in [4.78, 5) is 37.5. The summed E-state index contributed by atoms with van der Waals surface area (Å²) in [6.45, 7) is 3.57. The van der Waals surface area contributed by atoms with Crippen LogP contribution < -0.4 is 14.4 Å². The summed E-state index contributed by atoms with van der Waals surface area (Å²) >= 11 is 0.858. The third kappa shape index (κ3) is 4.60. The van der Waals surface area contributed by atoms with Crippen molar-refractivity contribution in [2.45, 2.75) is 20.0 Å². The van der Waals surface area contributed by atoms with Crippen molar-refractivity contribution in [1.29, 1.82) is 0 Å². The fourth-order valence-electron chi connectivity index (χ4n) is 2.64. The maximum absolute atomic E-state index is 12.7. The van der Waals surface area contributed by atoms with Gasteiger partial charge in [0.15, 0.2) is 17.6 Å². The summed E-state index contributed by atoms with van der Waals surface area (Å²) in [5.41, 5.74) is 1.14. The lowest BCUT2D eigenvalue weighted by Gasteiger charge is -2.15. The van der Waals surface area contributed by atoms with Crippen LogP contribution in [0.25, 0.3) is 6.08 Å². The molecule has 0 saturated carbocycles. The maximum atomic E-state index is 12.7. The number of amides is 2. The third-order valence-corrected chi connectivity index (χ3v) is 4.89. The fourth-order valence-corrected chi connectivity index (χ4v) is 3.48. The van der Waals surface area contributed by atoms with Gasteiger partial charge in [0.05, 0.1) is 17.2 Å². The molecule has 1 atom stereocenters. The van der Waals surface area contributed by atoms with Crippen molar-refractivity contribution in [2.75, 3.05) is 11.5 Å². The maximum Gasteiger partial charge on any atom is 0.344 e. The van der Waals surface area contributed by atoms with Gasteiger partial charge in [0, 0.05) is 0 Å². The molecule has 1 heterocycles. The van der Waals surface area contributed by atoms with Gasteiger partial charge in [-0.1, -0.05) is 24.3 Å².